The average Bonchev–Trinajstić information content (AvgIpc) is 3.13. The molecule has 0 fully saturated rings. The first-order chi connectivity index (χ1) is 14.2. The molecule has 5 nitrogen and oxygen atoms in total. The zero-order valence-corrected chi connectivity index (χ0v) is 16.9. The lowest BCUT2D eigenvalue weighted by Crippen LogP contribution is -2.03. The SMILES string of the molecule is COc1cc(-c2n[nH]c(=S)n2Cc2ccccc2)ccc1OCc1ccccc1. The third-order valence-electron chi connectivity index (χ3n) is 4.60. The van der Waals surface area contributed by atoms with Gasteiger partial charge in [-0.2, -0.15) is 5.10 Å². The number of hydrogen-bond acceptors (Lipinski definition) is 4. The monoisotopic (exact) mass is 403 g/mol. The summed E-state index contributed by atoms with van der Waals surface area (Å²) in [6, 6.07) is 26.0. The van der Waals surface area contributed by atoms with Crippen molar-refractivity contribution in [1.82, 2.24) is 14.8 Å². The summed E-state index contributed by atoms with van der Waals surface area (Å²) >= 11 is 5.44. The Bertz CT molecular complexity index is 1140. The van der Waals surface area contributed by atoms with Gasteiger partial charge in [-0.05, 0) is 41.5 Å². The van der Waals surface area contributed by atoms with Gasteiger partial charge in [0.15, 0.2) is 22.1 Å². The van der Waals surface area contributed by atoms with Gasteiger partial charge in [0.2, 0.25) is 0 Å². The summed E-state index contributed by atoms with van der Waals surface area (Å²) in [4.78, 5) is 0. The molecule has 1 heterocycles. The van der Waals surface area contributed by atoms with Crippen LogP contribution in [-0.2, 0) is 13.2 Å². The summed E-state index contributed by atoms with van der Waals surface area (Å²) in [6.45, 7) is 1.11. The Kier molecular flexibility index (Phi) is 5.72. The van der Waals surface area contributed by atoms with Crippen LogP contribution in [0, 0.1) is 4.77 Å². The van der Waals surface area contributed by atoms with Gasteiger partial charge in [0.1, 0.15) is 6.61 Å². The fourth-order valence-corrected chi connectivity index (χ4v) is 3.31. The van der Waals surface area contributed by atoms with Crippen LogP contribution in [0.15, 0.2) is 78.9 Å². The Hall–Kier alpha value is -3.38. The quantitative estimate of drug-likeness (QED) is 0.429. The molecule has 0 aliphatic carbocycles. The van der Waals surface area contributed by atoms with Crippen LogP contribution in [0.1, 0.15) is 11.1 Å². The zero-order valence-electron chi connectivity index (χ0n) is 16.0. The maximum Gasteiger partial charge on any atom is 0.195 e. The molecule has 0 unspecified atom stereocenters. The molecule has 0 spiro atoms. The Balaban J connectivity index is 1.60. The van der Waals surface area contributed by atoms with E-state index in [0.717, 1.165) is 22.5 Å². The fourth-order valence-electron chi connectivity index (χ4n) is 3.11. The van der Waals surface area contributed by atoms with Gasteiger partial charge in [0, 0.05) is 5.56 Å². The minimum Gasteiger partial charge on any atom is -0.493 e. The third kappa shape index (κ3) is 4.38. The van der Waals surface area contributed by atoms with Crippen LogP contribution in [-0.4, -0.2) is 21.9 Å². The Morgan fingerprint density at radius 2 is 1.59 bits per heavy atom. The van der Waals surface area contributed by atoms with Crippen LogP contribution < -0.4 is 9.47 Å². The number of H-pyrrole nitrogens is 1. The summed E-state index contributed by atoms with van der Waals surface area (Å²) in [6.07, 6.45) is 0. The summed E-state index contributed by atoms with van der Waals surface area (Å²) in [5, 5.41) is 7.33. The molecule has 0 atom stereocenters. The highest BCUT2D eigenvalue weighted by Crippen LogP contribution is 2.32. The number of methoxy groups -OCH3 is 1. The van der Waals surface area contributed by atoms with E-state index < -0.39 is 0 Å². The highest BCUT2D eigenvalue weighted by molar-refractivity contribution is 7.71. The Morgan fingerprint density at radius 3 is 2.28 bits per heavy atom. The minimum atomic E-state index is 0.475. The number of rotatable bonds is 7. The molecule has 3 aromatic carbocycles. The lowest BCUT2D eigenvalue weighted by molar-refractivity contribution is 0.284. The molecule has 0 aliphatic heterocycles. The smallest absolute Gasteiger partial charge is 0.195 e. The van der Waals surface area contributed by atoms with Crippen LogP contribution in [0.25, 0.3) is 11.4 Å². The maximum atomic E-state index is 5.96. The van der Waals surface area contributed by atoms with E-state index in [1.807, 2.05) is 71.3 Å². The van der Waals surface area contributed by atoms with Gasteiger partial charge in [0.25, 0.3) is 0 Å². The van der Waals surface area contributed by atoms with E-state index in [1.165, 1.54) is 0 Å². The third-order valence-corrected chi connectivity index (χ3v) is 4.91. The van der Waals surface area contributed by atoms with Gasteiger partial charge in [0.05, 0.1) is 13.7 Å². The Morgan fingerprint density at radius 1 is 0.897 bits per heavy atom. The van der Waals surface area contributed by atoms with Crippen molar-refractivity contribution >= 4 is 12.2 Å². The van der Waals surface area contributed by atoms with Gasteiger partial charge in [-0.25, -0.2) is 0 Å². The molecule has 0 radical (unpaired) electrons. The maximum absolute atomic E-state index is 5.96. The summed E-state index contributed by atoms with van der Waals surface area (Å²) < 4.78 is 14.1. The number of benzene rings is 3. The van der Waals surface area contributed by atoms with E-state index in [4.69, 9.17) is 21.7 Å². The molecule has 0 bridgehead atoms. The van der Waals surface area contributed by atoms with Crippen molar-refractivity contribution in [3.8, 4) is 22.9 Å². The van der Waals surface area contributed by atoms with Crippen LogP contribution in [0.4, 0.5) is 0 Å². The molecule has 6 heteroatoms. The molecule has 0 saturated carbocycles. The zero-order chi connectivity index (χ0) is 20.1. The van der Waals surface area contributed by atoms with Crippen LogP contribution in [0.3, 0.4) is 0 Å². The van der Waals surface area contributed by atoms with Crippen molar-refractivity contribution in [3.05, 3.63) is 94.8 Å². The largest absolute Gasteiger partial charge is 0.493 e. The molecule has 146 valence electrons. The van der Waals surface area contributed by atoms with E-state index in [0.29, 0.717) is 29.4 Å². The van der Waals surface area contributed by atoms with E-state index in [9.17, 15) is 0 Å². The van der Waals surface area contributed by atoms with Gasteiger partial charge >= 0.3 is 0 Å². The van der Waals surface area contributed by atoms with E-state index in [2.05, 4.69) is 22.3 Å². The average molecular weight is 404 g/mol. The second kappa shape index (κ2) is 8.75. The molecule has 0 amide bonds. The van der Waals surface area contributed by atoms with Gasteiger partial charge in [-0.1, -0.05) is 60.7 Å². The van der Waals surface area contributed by atoms with Gasteiger partial charge in [-0.3, -0.25) is 9.67 Å². The van der Waals surface area contributed by atoms with Crippen molar-refractivity contribution in [3.63, 3.8) is 0 Å². The molecule has 4 rings (SSSR count). The normalized spacial score (nSPS) is 10.7. The molecule has 1 aromatic heterocycles. The first-order valence-corrected chi connectivity index (χ1v) is 9.69. The lowest BCUT2D eigenvalue weighted by atomic mass is 10.1. The van der Waals surface area contributed by atoms with E-state index >= 15 is 0 Å². The summed E-state index contributed by atoms with van der Waals surface area (Å²) in [5.41, 5.74) is 3.15. The van der Waals surface area contributed by atoms with Crippen LogP contribution in [0.2, 0.25) is 0 Å². The van der Waals surface area contributed by atoms with Crippen molar-refractivity contribution in [2.45, 2.75) is 13.2 Å². The van der Waals surface area contributed by atoms with Crippen LogP contribution >= 0.6 is 12.2 Å². The van der Waals surface area contributed by atoms with Crippen LogP contribution in [0.5, 0.6) is 11.5 Å². The number of aromatic nitrogens is 3. The molecular formula is C23H21N3O2S. The predicted molar refractivity (Wildman–Crippen MR) is 116 cm³/mol. The number of nitrogens with zero attached hydrogens (tertiary/aromatic N) is 2. The van der Waals surface area contributed by atoms with Crippen molar-refractivity contribution in [2.24, 2.45) is 0 Å². The van der Waals surface area contributed by atoms with Crippen molar-refractivity contribution in [2.75, 3.05) is 7.11 Å². The number of ether oxygens (including phenoxy) is 2. The minimum absolute atomic E-state index is 0.475. The second-order valence-electron chi connectivity index (χ2n) is 6.56. The molecule has 1 N–H and O–H groups in total. The number of nitrogens with one attached hydrogen (secondary N) is 1. The molecule has 4 aromatic rings. The van der Waals surface area contributed by atoms with Crippen molar-refractivity contribution < 1.29 is 9.47 Å². The highest BCUT2D eigenvalue weighted by atomic mass is 32.1. The van der Waals surface area contributed by atoms with Gasteiger partial charge in [-0.15, -0.1) is 0 Å². The summed E-state index contributed by atoms with van der Waals surface area (Å²) in [5.74, 6) is 2.09. The molecule has 29 heavy (non-hydrogen) atoms. The van der Waals surface area contributed by atoms with E-state index in [-0.39, 0.29) is 0 Å². The fraction of sp³-hybridized carbons (Fsp3) is 0.130. The van der Waals surface area contributed by atoms with E-state index in [1.54, 1.807) is 7.11 Å². The predicted octanol–water partition coefficient (Wildman–Crippen LogP) is 5.24. The molecular weight excluding hydrogens is 382 g/mol. The summed E-state index contributed by atoms with van der Waals surface area (Å²) in [7, 11) is 1.63. The number of hydrogen-bond donors (Lipinski definition) is 1. The molecule has 0 aliphatic rings. The lowest BCUT2D eigenvalue weighted by Gasteiger charge is -2.13. The van der Waals surface area contributed by atoms with Gasteiger partial charge < -0.3 is 9.47 Å². The molecule has 0 saturated heterocycles. The topological polar surface area (TPSA) is 52.1 Å². The highest BCUT2D eigenvalue weighted by Gasteiger charge is 2.13. The first-order valence-electron chi connectivity index (χ1n) is 9.29. The number of aromatic amines is 1. The standard InChI is InChI=1S/C23H21N3O2S/c1-27-21-14-19(12-13-20(21)28-16-18-10-6-3-7-11-18)22-24-25-23(29)26(22)15-17-8-4-2-5-9-17/h2-14H,15-16H2,1H3,(H,25,29). The first kappa shape index (κ1) is 19.0. The van der Waals surface area contributed by atoms with Crippen molar-refractivity contribution in [1.29, 1.82) is 0 Å². The second-order valence-corrected chi connectivity index (χ2v) is 6.95. The Labute approximate surface area is 174 Å².